The number of halogens is 1. The Morgan fingerprint density at radius 3 is 2.54 bits per heavy atom. The van der Waals surface area contributed by atoms with E-state index in [4.69, 9.17) is 16.3 Å². The molecule has 2 aliphatic heterocycles. The number of rotatable bonds is 3. The number of benzene rings is 1. The third-order valence-corrected chi connectivity index (χ3v) is 6.84. The topological polar surface area (TPSA) is 66.9 Å². The maximum absolute atomic E-state index is 12.8. The molecule has 0 bridgehead atoms. The molecule has 132 valence electrons. The second-order valence-corrected chi connectivity index (χ2v) is 8.48. The van der Waals surface area contributed by atoms with Crippen LogP contribution in [0.5, 0.6) is 0 Å². The van der Waals surface area contributed by atoms with Crippen molar-refractivity contribution in [3.05, 3.63) is 28.8 Å². The molecule has 3 rings (SSSR count). The summed E-state index contributed by atoms with van der Waals surface area (Å²) in [4.78, 5) is 14.1. The van der Waals surface area contributed by atoms with E-state index in [0.29, 0.717) is 19.7 Å². The number of hydrogen-bond acceptors (Lipinski definition) is 4. The number of sulfonamides is 1. The molecule has 1 unspecified atom stereocenters. The predicted octanol–water partition coefficient (Wildman–Crippen LogP) is 1.66. The summed E-state index contributed by atoms with van der Waals surface area (Å²) in [6, 6.07) is 4.92. The van der Waals surface area contributed by atoms with Gasteiger partial charge in [0, 0.05) is 32.8 Å². The zero-order valence-corrected chi connectivity index (χ0v) is 15.1. The van der Waals surface area contributed by atoms with Crippen molar-refractivity contribution in [1.29, 1.82) is 0 Å². The lowest BCUT2D eigenvalue weighted by Gasteiger charge is -2.35. The molecule has 24 heavy (non-hydrogen) atoms. The zero-order chi connectivity index (χ0) is 17.3. The Morgan fingerprint density at radius 1 is 1.25 bits per heavy atom. The molecule has 0 aromatic heterocycles. The first-order chi connectivity index (χ1) is 11.4. The van der Waals surface area contributed by atoms with Crippen LogP contribution in [-0.4, -0.2) is 62.4 Å². The molecule has 1 atom stereocenters. The van der Waals surface area contributed by atoms with E-state index in [1.165, 1.54) is 10.4 Å². The van der Waals surface area contributed by atoms with Crippen LogP contribution in [0.1, 0.15) is 18.4 Å². The number of carbonyl (C=O) groups is 1. The molecular formula is C16H21ClN2O4S. The molecule has 0 spiro atoms. The third kappa shape index (κ3) is 3.44. The summed E-state index contributed by atoms with van der Waals surface area (Å²) in [6.07, 6.45) is 1.28. The lowest BCUT2D eigenvalue weighted by Crippen LogP contribution is -2.52. The van der Waals surface area contributed by atoms with Gasteiger partial charge in [0.25, 0.3) is 5.91 Å². The van der Waals surface area contributed by atoms with Crippen LogP contribution in [0, 0.1) is 6.92 Å². The van der Waals surface area contributed by atoms with E-state index < -0.39 is 10.0 Å². The average molecular weight is 373 g/mol. The number of amides is 1. The quantitative estimate of drug-likeness (QED) is 0.809. The second kappa shape index (κ2) is 7.00. The fourth-order valence-corrected chi connectivity index (χ4v) is 5.07. The summed E-state index contributed by atoms with van der Waals surface area (Å²) >= 11 is 6.11. The van der Waals surface area contributed by atoms with Crippen molar-refractivity contribution in [3.8, 4) is 0 Å². The molecule has 0 N–H and O–H groups in total. The van der Waals surface area contributed by atoms with Gasteiger partial charge in [-0.25, -0.2) is 8.42 Å². The fraction of sp³-hybridized carbons (Fsp3) is 0.562. The largest absolute Gasteiger partial charge is 0.368 e. The molecule has 2 heterocycles. The van der Waals surface area contributed by atoms with E-state index in [1.54, 1.807) is 17.0 Å². The van der Waals surface area contributed by atoms with Crippen LogP contribution in [0.4, 0.5) is 0 Å². The molecule has 0 saturated carbocycles. The van der Waals surface area contributed by atoms with Gasteiger partial charge in [0.15, 0.2) is 0 Å². The summed E-state index contributed by atoms with van der Waals surface area (Å²) in [5.74, 6) is -0.0297. The summed E-state index contributed by atoms with van der Waals surface area (Å²) in [5, 5.41) is 0.230. The molecular weight excluding hydrogens is 352 g/mol. The van der Waals surface area contributed by atoms with Gasteiger partial charge in [-0.2, -0.15) is 4.31 Å². The van der Waals surface area contributed by atoms with Gasteiger partial charge in [-0.05, 0) is 37.5 Å². The van der Waals surface area contributed by atoms with Crippen molar-refractivity contribution >= 4 is 27.5 Å². The van der Waals surface area contributed by atoms with Crippen molar-refractivity contribution in [2.45, 2.75) is 30.8 Å². The minimum atomic E-state index is -3.65. The van der Waals surface area contributed by atoms with Crippen molar-refractivity contribution in [3.63, 3.8) is 0 Å². The van der Waals surface area contributed by atoms with Crippen LogP contribution in [0.3, 0.4) is 0 Å². The van der Waals surface area contributed by atoms with E-state index in [1.807, 2.05) is 6.92 Å². The Labute approximate surface area is 147 Å². The van der Waals surface area contributed by atoms with Gasteiger partial charge >= 0.3 is 0 Å². The SMILES string of the molecule is Cc1ccc(S(=O)(=O)N2CCN(C(=O)C3CCCO3)CC2)c(Cl)c1. The highest BCUT2D eigenvalue weighted by Crippen LogP contribution is 2.26. The predicted molar refractivity (Wildman–Crippen MR) is 90.5 cm³/mol. The van der Waals surface area contributed by atoms with Crippen LogP contribution in [0.15, 0.2) is 23.1 Å². The standard InChI is InChI=1S/C16H21ClN2O4S/c1-12-4-5-15(13(17)11-12)24(21,22)19-8-6-18(7-9-19)16(20)14-3-2-10-23-14/h4-5,11,14H,2-3,6-10H2,1H3. The highest BCUT2D eigenvalue weighted by atomic mass is 35.5. The molecule has 8 heteroatoms. The van der Waals surface area contributed by atoms with Crippen molar-refractivity contribution in [2.24, 2.45) is 0 Å². The van der Waals surface area contributed by atoms with E-state index in [2.05, 4.69) is 0 Å². The fourth-order valence-electron chi connectivity index (χ4n) is 3.08. The van der Waals surface area contributed by atoms with E-state index >= 15 is 0 Å². The lowest BCUT2D eigenvalue weighted by molar-refractivity contribution is -0.142. The summed E-state index contributed by atoms with van der Waals surface area (Å²) < 4.78 is 32.3. The van der Waals surface area contributed by atoms with E-state index in [0.717, 1.165) is 18.4 Å². The van der Waals surface area contributed by atoms with Gasteiger partial charge in [-0.1, -0.05) is 17.7 Å². The van der Waals surface area contributed by atoms with Crippen LogP contribution >= 0.6 is 11.6 Å². The van der Waals surface area contributed by atoms with Gasteiger partial charge in [-0.3, -0.25) is 4.79 Å². The molecule has 1 aromatic rings. The van der Waals surface area contributed by atoms with Crippen LogP contribution in [0.25, 0.3) is 0 Å². The molecule has 2 saturated heterocycles. The minimum absolute atomic E-state index is 0.0297. The molecule has 1 amide bonds. The monoisotopic (exact) mass is 372 g/mol. The number of hydrogen-bond donors (Lipinski definition) is 0. The zero-order valence-electron chi connectivity index (χ0n) is 13.6. The lowest BCUT2D eigenvalue weighted by atomic mass is 10.2. The van der Waals surface area contributed by atoms with Gasteiger partial charge in [-0.15, -0.1) is 0 Å². The Bertz CT molecular complexity index is 724. The smallest absolute Gasteiger partial charge is 0.251 e. The Hall–Kier alpha value is -1.15. The molecule has 1 aromatic carbocycles. The summed E-state index contributed by atoms with van der Waals surface area (Å²) in [7, 11) is -3.65. The minimum Gasteiger partial charge on any atom is -0.368 e. The number of aryl methyl sites for hydroxylation is 1. The molecule has 6 nitrogen and oxygen atoms in total. The van der Waals surface area contributed by atoms with Crippen LogP contribution < -0.4 is 0 Å². The second-order valence-electron chi connectivity index (χ2n) is 6.16. The van der Waals surface area contributed by atoms with Gasteiger partial charge in [0.05, 0.1) is 5.02 Å². The highest BCUT2D eigenvalue weighted by molar-refractivity contribution is 7.89. The summed E-state index contributed by atoms with van der Waals surface area (Å²) in [6.45, 7) is 3.77. The first kappa shape index (κ1) is 17.7. The third-order valence-electron chi connectivity index (χ3n) is 4.46. The highest BCUT2D eigenvalue weighted by Gasteiger charge is 2.34. The maximum atomic E-state index is 12.8. The molecule has 2 fully saturated rings. The van der Waals surface area contributed by atoms with Gasteiger partial charge in [0.2, 0.25) is 10.0 Å². The van der Waals surface area contributed by atoms with Gasteiger partial charge in [0.1, 0.15) is 11.0 Å². The van der Waals surface area contributed by atoms with Crippen molar-refractivity contribution in [1.82, 2.24) is 9.21 Å². The Balaban J connectivity index is 1.68. The Morgan fingerprint density at radius 2 is 1.96 bits per heavy atom. The average Bonchev–Trinajstić information content (AvgIpc) is 3.08. The van der Waals surface area contributed by atoms with Crippen molar-refractivity contribution in [2.75, 3.05) is 32.8 Å². The first-order valence-electron chi connectivity index (χ1n) is 8.06. The molecule has 0 aliphatic carbocycles. The van der Waals surface area contributed by atoms with Gasteiger partial charge < -0.3 is 9.64 Å². The maximum Gasteiger partial charge on any atom is 0.251 e. The summed E-state index contributed by atoms with van der Waals surface area (Å²) in [5.41, 5.74) is 0.908. The van der Waals surface area contributed by atoms with Crippen LogP contribution in [-0.2, 0) is 19.6 Å². The molecule has 0 radical (unpaired) electrons. The number of carbonyl (C=O) groups excluding carboxylic acids is 1. The van der Waals surface area contributed by atoms with E-state index in [9.17, 15) is 13.2 Å². The van der Waals surface area contributed by atoms with Crippen LogP contribution in [0.2, 0.25) is 5.02 Å². The number of ether oxygens (including phenoxy) is 1. The van der Waals surface area contributed by atoms with Crippen molar-refractivity contribution < 1.29 is 17.9 Å². The van der Waals surface area contributed by atoms with E-state index in [-0.39, 0.29) is 35.0 Å². The first-order valence-corrected chi connectivity index (χ1v) is 9.88. The molecule has 2 aliphatic rings. The Kier molecular flexibility index (Phi) is 5.15. The number of nitrogens with zero attached hydrogens (tertiary/aromatic N) is 2. The normalized spacial score (nSPS) is 22.8. The number of piperazine rings is 1.